The van der Waals surface area contributed by atoms with Crippen molar-refractivity contribution in [1.29, 1.82) is 0 Å². The third-order valence-corrected chi connectivity index (χ3v) is 10.9. The van der Waals surface area contributed by atoms with Crippen LogP contribution in [-0.4, -0.2) is 37.2 Å². The number of carbonyl (C=O) groups excluding carboxylic acids is 3. The highest BCUT2D eigenvalue weighted by Gasteiger charge is 2.19. The summed E-state index contributed by atoms with van der Waals surface area (Å²) >= 11 is 0. The van der Waals surface area contributed by atoms with Gasteiger partial charge in [-0.1, -0.05) is 224 Å². The molecule has 0 fully saturated rings. The van der Waals surface area contributed by atoms with E-state index in [4.69, 9.17) is 14.2 Å². The summed E-state index contributed by atoms with van der Waals surface area (Å²) in [6, 6.07) is 0. The van der Waals surface area contributed by atoms with Gasteiger partial charge >= 0.3 is 17.9 Å². The summed E-state index contributed by atoms with van der Waals surface area (Å²) in [5.74, 6) is -0.900. The zero-order valence-corrected chi connectivity index (χ0v) is 38.6. The summed E-state index contributed by atoms with van der Waals surface area (Å²) < 4.78 is 16.6. The third-order valence-electron chi connectivity index (χ3n) is 10.9. The molecule has 0 amide bonds. The van der Waals surface area contributed by atoms with Crippen molar-refractivity contribution < 1.29 is 28.6 Å². The lowest BCUT2D eigenvalue weighted by Crippen LogP contribution is -2.30. The Kier molecular flexibility index (Phi) is 45.4. The second-order valence-electron chi connectivity index (χ2n) is 16.7. The Balaban J connectivity index is 4.13. The van der Waals surface area contributed by atoms with E-state index in [0.717, 1.165) is 103 Å². The average molecular weight is 815 g/mol. The van der Waals surface area contributed by atoms with Crippen LogP contribution in [0.4, 0.5) is 0 Å². The van der Waals surface area contributed by atoms with E-state index < -0.39 is 6.10 Å². The lowest BCUT2D eigenvalue weighted by Gasteiger charge is -2.18. The summed E-state index contributed by atoms with van der Waals surface area (Å²) in [5, 5.41) is 0. The molecule has 0 rings (SSSR count). The average Bonchev–Trinajstić information content (AvgIpc) is 3.22. The molecule has 58 heavy (non-hydrogen) atoms. The molecule has 0 N–H and O–H groups in total. The molecule has 0 aliphatic carbocycles. The van der Waals surface area contributed by atoms with Crippen molar-refractivity contribution in [1.82, 2.24) is 0 Å². The molecule has 338 valence electrons. The van der Waals surface area contributed by atoms with Gasteiger partial charge in [-0.3, -0.25) is 14.4 Å². The van der Waals surface area contributed by atoms with Gasteiger partial charge in [0.05, 0.1) is 0 Å². The number of unbranched alkanes of at least 4 members (excludes halogenated alkanes) is 28. The van der Waals surface area contributed by atoms with Gasteiger partial charge in [0.15, 0.2) is 6.10 Å². The number of esters is 3. The van der Waals surface area contributed by atoms with Crippen LogP contribution < -0.4 is 0 Å². The normalized spacial score (nSPS) is 12.3. The van der Waals surface area contributed by atoms with Gasteiger partial charge in [0.25, 0.3) is 0 Å². The number of carbonyl (C=O) groups is 3. The van der Waals surface area contributed by atoms with Gasteiger partial charge in [0.2, 0.25) is 0 Å². The van der Waals surface area contributed by atoms with Gasteiger partial charge in [0, 0.05) is 19.3 Å². The van der Waals surface area contributed by atoms with Crippen LogP contribution in [0.15, 0.2) is 36.5 Å². The van der Waals surface area contributed by atoms with Gasteiger partial charge in [-0.25, -0.2) is 0 Å². The van der Waals surface area contributed by atoms with Crippen LogP contribution in [0.25, 0.3) is 0 Å². The highest BCUT2D eigenvalue weighted by Crippen LogP contribution is 2.16. The fraction of sp³-hybridized carbons (Fsp3) is 0.827. The molecule has 0 radical (unpaired) electrons. The number of hydrogen-bond donors (Lipinski definition) is 0. The van der Waals surface area contributed by atoms with Crippen LogP contribution in [0.1, 0.15) is 258 Å². The zero-order valence-electron chi connectivity index (χ0n) is 38.6. The molecule has 0 spiro atoms. The minimum Gasteiger partial charge on any atom is -0.462 e. The topological polar surface area (TPSA) is 78.9 Å². The molecule has 0 aromatic carbocycles. The predicted molar refractivity (Wildman–Crippen MR) is 247 cm³/mol. The molecule has 0 aliphatic rings. The van der Waals surface area contributed by atoms with Crippen molar-refractivity contribution in [3.63, 3.8) is 0 Å². The Morgan fingerprint density at radius 3 is 1.05 bits per heavy atom. The molecule has 0 saturated carbocycles. The Labute approximate surface area is 359 Å². The molecule has 0 bridgehead atoms. The summed E-state index contributed by atoms with van der Waals surface area (Å²) in [7, 11) is 0. The standard InChI is InChI=1S/C52H94O6/c1-4-7-10-13-15-17-19-21-23-24-25-26-27-29-30-32-34-36-39-42-45-51(54)57-48-49(47-56-50(53)44-41-38-12-9-6-3)58-52(55)46-43-40-37-35-33-31-28-22-20-18-16-14-11-8-5-2/h8,11,16,18,22,28,49H,4-7,9-10,12-15,17,19-21,23-27,29-48H2,1-3H3/b11-8-,18-16-,28-22-. The first-order chi connectivity index (χ1) is 28.5. The molecule has 1 unspecified atom stereocenters. The highest BCUT2D eigenvalue weighted by atomic mass is 16.6. The van der Waals surface area contributed by atoms with E-state index >= 15 is 0 Å². The molecule has 0 aromatic rings. The van der Waals surface area contributed by atoms with Gasteiger partial charge in [-0.15, -0.1) is 0 Å². The maximum atomic E-state index is 12.7. The molecule has 0 saturated heterocycles. The van der Waals surface area contributed by atoms with Gasteiger partial charge in [-0.2, -0.15) is 0 Å². The van der Waals surface area contributed by atoms with E-state index in [9.17, 15) is 14.4 Å². The SMILES string of the molecule is CC/C=C\C/C=C\C/C=C\CCCCCCCC(=O)OC(COC(=O)CCCCCCC)COC(=O)CCCCCCCCCCCCCCCCCCCCCC. The van der Waals surface area contributed by atoms with Crippen molar-refractivity contribution in [2.45, 2.75) is 264 Å². The highest BCUT2D eigenvalue weighted by molar-refractivity contribution is 5.71. The largest absolute Gasteiger partial charge is 0.462 e. The lowest BCUT2D eigenvalue weighted by molar-refractivity contribution is -0.167. The van der Waals surface area contributed by atoms with Crippen LogP contribution in [-0.2, 0) is 28.6 Å². The molecule has 0 aliphatic heterocycles. The predicted octanol–water partition coefficient (Wildman–Crippen LogP) is 16.1. The Bertz CT molecular complexity index is 984. The van der Waals surface area contributed by atoms with E-state index in [1.54, 1.807) is 0 Å². The Morgan fingerprint density at radius 2 is 0.672 bits per heavy atom. The van der Waals surface area contributed by atoms with E-state index in [1.807, 2.05) is 0 Å². The molecule has 6 nitrogen and oxygen atoms in total. The van der Waals surface area contributed by atoms with Crippen molar-refractivity contribution in [2.24, 2.45) is 0 Å². The number of rotatable bonds is 45. The van der Waals surface area contributed by atoms with Crippen molar-refractivity contribution >= 4 is 17.9 Å². The summed E-state index contributed by atoms with van der Waals surface area (Å²) in [5.41, 5.74) is 0. The van der Waals surface area contributed by atoms with Gasteiger partial charge < -0.3 is 14.2 Å². The minimum absolute atomic E-state index is 0.0766. The summed E-state index contributed by atoms with van der Waals surface area (Å²) in [4.78, 5) is 37.6. The van der Waals surface area contributed by atoms with E-state index in [2.05, 4.69) is 57.2 Å². The van der Waals surface area contributed by atoms with Crippen LogP contribution >= 0.6 is 0 Å². The van der Waals surface area contributed by atoms with E-state index in [0.29, 0.717) is 19.3 Å². The second kappa shape index (κ2) is 47.3. The van der Waals surface area contributed by atoms with Crippen LogP contribution in [0.2, 0.25) is 0 Å². The molecular formula is C52H94O6. The van der Waals surface area contributed by atoms with Gasteiger partial charge in [-0.05, 0) is 51.4 Å². The molecule has 1 atom stereocenters. The first-order valence-corrected chi connectivity index (χ1v) is 25.0. The fourth-order valence-electron chi connectivity index (χ4n) is 7.16. The van der Waals surface area contributed by atoms with Crippen LogP contribution in [0.5, 0.6) is 0 Å². The van der Waals surface area contributed by atoms with Crippen molar-refractivity contribution in [3.05, 3.63) is 36.5 Å². The third kappa shape index (κ3) is 44.7. The number of hydrogen-bond acceptors (Lipinski definition) is 6. The first-order valence-electron chi connectivity index (χ1n) is 25.0. The lowest BCUT2D eigenvalue weighted by atomic mass is 10.0. The molecule has 0 heterocycles. The molecular weight excluding hydrogens is 721 g/mol. The Hall–Kier alpha value is -2.37. The van der Waals surface area contributed by atoms with Crippen molar-refractivity contribution in [3.8, 4) is 0 Å². The maximum absolute atomic E-state index is 12.7. The fourth-order valence-corrected chi connectivity index (χ4v) is 7.16. The smallest absolute Gasteiger partial charge is 0.306 e. The Morgan fingerprint density at radius 1 is 0.362 bits per heavy atom. The molecule has 0 aromatic heterocycles. The molecule has 6 heteroatoms. The monoisotopic (exact) mass is 815 g/mol. The number of ether oxygens (including phenoxy) is 3. The van der Waals surface area contributed by atoms with Gasteiger partial charge in [0.1, 0.15) is 13.2 Å². The second-order valence-corrected chi connectivity index (χ2v) is 16.7. The van der Waals surface area contributed by atoms with Crippen LogP contribution in [0, 0.1) is 0 Å². The minimum atomic E-state index is -0.773. The maximum Gasteiger partial charge on any atom is 0.306 e. The summed E-state index contributed by atoms with van der Waals surface area (Å²) in [6.07, 6.45) is 54.6. The zero-order chi connectivity index (χ0) is 42.3. The van der Waals surface area contributed by atoms with Crippen LogP contribution in [0.3, 0.4) is 0 Å². The van der Waals surface area contributed by atoms with E-state index in [1.165, 1.54) is 116 Å². The first kappa shape index (κ1) is 55.6. The quantitative estimate of drug-likeness (QED) is 0.0264. The van der Waals surface area contributed by atoms with E-state index in [-0.39, 0.29) is 31.1 Å². The summed E-state index contributed by atoms with van der Waals surface area (Å²) in [6.45, 7) is 6.45. The number of allylic oxidation sites excluding steroid dienone is 6. The van der Waals surface area contributed by atoms with Crippen molar-refractivity contribution in [2.75, 3.05) is 13.2 Å².